The standard InChI is InChI=1S/C18H29NO2/c1-11(2)5-17(12(3)4)18(20)21-10-16-8-13-6-14(16)7-15(13)9-19/h11-17H,5-8,10H2,1-4H3. The number of hydrogen-bond acceptors (Lipinski definition) is 3. The molecule has 0 aromatic heterocycles. The summed E-state index contributed by atoms with van der Waals surface area (Å²) in [6, 6.07) is 2.43. The van der Waals surface area contributed by atoms with Crippen LogP contribution in [0.15, 0.2) is 0 Å². The Labute approximate surface area is 129 Å². The second kappa shape index (κ2) is 6.81. The maximum absolute atomic E-state index is 12.3. The van der Waals surface area contributed by atoms with Gasteiger partial charge in [-0.2, -0.15) is 5.26 Å². The molecule has 21 heavy (non-hydrogen) atoms. The van der Waals surface area contributed by atoms with Gasteiger partial charge < -0.3 is 4.74 Å². The van der Waals surface area contributed by atoms with Crippen LogP contribution in [0.5, 0.6) is 0 Å². The molecule has 0 spiro atoms. The SMILES string of the molecule is CC(C)CC(C(=O)OCC1CC2CC1CC2C#N)C(C)C. The fourth-order valence-electron chi connectivity index (χ4n) is 4.20. The van der Waals surface area contributed by atoms with Crippen LogP contribution >= 0.6 is 0 Å². The zero-order chi connectivity index (χ0) is 15.6. The molecule has 0 aromatic rings. The highest BCUT2D eigenvalue weighted by Crippen LogP contribution is 2.51. The Morgan fingerprint density at radius 1 is 1.19 bits per heavy atom. The summed E-state index contributed by atoms with van der Waals surface area (Å²) in [7, 11) is 0. The van der Waals surface area contributed by atoms with Gasteiger partial charge in [0.15, 0.2) is 0 Å². The van der Waals surface area contributed by atoms with Gasteiger partial charge in [0.2, 0.25) is 0 Å². The van der Waals surface area contributed by atoms with Crippen LogP contribution < -0.4 is 0 Å². The van der Waals surface area contributed by atoms with Gasteiger partial charge in [0, 0.05) is 5.92 Å². The molecule has 0 aliphatic heterocycles. The van der Waals surface area contributed by atoms with Crippen molar-refractivity contribution >= 4 is 5.97 Å². The number of carbonyl (C=O) groups excluding carboxylic acids is 1. The van der Waals surface area contributed by atoms with E-state index in [0.717, 1.165) is 19.3 Å². The molecule has 2 bridgehead atoms. The molecular formula is C18H29NO2. The van der Waals surface area contributed by atoms with Gasteiger partial charge in [0.1, 0.15) is 0 Å². The second-order valence-electron chi connectivity index (χ2n) is 7.83. The van der Waals surface area contributed by atoms with Gasteiger partial charge in [-0.1, -0.05) is 27.7 Å². The van der Waals surface area contributed by atoms with Gasteiger partial charge in [-0.3, -0.25) is 4.79 Å². The number of nitriles is 1. The van der Waals surface area contributed by atoms with Crippen molar-refractivity contribution in [3.05, 3.63) is 0 Å². The Hall–Kier alpha value is -1.04. The number of esters is 1. The lowest BCUT2D eigenvalue weighted by atomic mass is 9.83. The molecule has 0 heterocycles. The Morgan fingerprint density at radius 2 is 1.90 bits per heavy atom. The van der Waals surface area contributed by atoms with Crippen molar-refractivity contribution in [1.82, 2.24) is 0 Å². The maximum Gasteiger partial charge on any atom is 0.309 e. The molecule has 5 atom stereocenters. The third kappa shape index (κ3) is 3.78. The molecule has 3 nitrogen and oxygen atoms in total. The summed E-state index contributed by atoms with van der Waals surface area (Å²) in [5, 5.41) is 9.07. The highest BCUT2D eigenvalue weighted by molar-refractivity contribution is 5.72. The summed E-state index contributed by atoms with van der Waals surface area (Å²) >= 11 is 0. The van der Waals surface area contributed by atoms with Crippen molar-refractivity contribution in [3.63, 3.8) is 0 Å². The lowest BCUT2D eigenvalue weighted by Crippen LogP contribution is -2.28. The summed E-state index contributed by atoms with van der Waals surface area (Å²) in [6.07, 6.45) is 4.17. The minimum Gasteiger partial charge on any atom is -0.465 e. The summed E-state index contributed by atoms with van der Waals surface area (Å²) in [4.78, 5) is 12.3. The van der Waals surface area contributed by atoms with Crippen molar-refractivity contribution in [2.24, 2.45) is 41.4 Å². The molecular weight excluding hydrogens is 262 g/mol. The van der Waals surface area contributed by atoms with Crippen LogP contribution in [0.25, 0.3) is 0 Å². The first-order chi connectivity index (χ1) is 9.92. The third-order valence-electron chi connectivity index (χ3n) is 5.44. The Bertz CT molecular complexity index is 410. The first-order valence-electron chi connectivity index (χ1n) is 8.48. The summed E-state index contributed by atoms with van der Waals surface area (Å²) in [5.41, 5.74) is 0. The van der Waals surface area contributed by atoms with E-state index >= 15 is 0 Å². The molecule has 2 saturated carbocycles. The normalized spacial score (nSPS) is 32.4. The van der Waals surface area contributed by atoms with Crippen molar-refractivity contribution in [1.29, 1.82) is 5.26 Å². The molecule has 0 radical (unpaired) electrons. The van der Waals surface area contributed by atoms with Crippen molar-refractivity contribution in [2.75, 3.05) is 6.61 Å². The summed E-state index contributed by atoms with van der Waals surface area (Å²) < 4.78 is 5.65. The molecule has 0 saturated heterocycles. The van der Waals surface area contributed by atoms with Crippen molar-refractivity contribution < 1.29 is 9.53 Å². The van der Waals surface area contributed by atoms with E-state index in [2.05, 4.69) is 33.8 Å². The quantitative estimate of drug-likeness (QED) is 0.694. The number of ether oxygens (including phenoxy) is 1. The molecule has 2 rings (SSSR count). The van der Waals surface area contributed by atoms with E-state index in [1.807, 2.05) is 0 Å². The topological polar surface area (TPSA) is 50.1 Å². The fraction of sp³-hybridized carbons (Fsp3) is 0.889. The van der Waals surface area contributed by atoms with Crippen LogP contribution in [0.3, 0.4) is 0 Å². The maximum atomic E-state index is 12.3. The van der Waals surface area contributed by atoms with Gasteiger partial charge in [0.25, 0.3) is 0 Å². The minimum atomic E-state index is -0.0155. The van der Waals surface area contributed by atoms with Crippen LogP contribution in [-0.2, 0) is 9.53 Å². The zero-order valence-electron chi connectivity index (χ0n) is 13.8. The van der Waals surface area contributed by atoms with Gasteiger partial charge >= 0.3 is 5.97 Å². The monoisotopic (exact) mass is 291 g/mol. The Morgan fingerprint density at radius 3 is 2.38 bits per heavy atom. The third-order valence-corrected chi connectivity index (χ3v) is 5.44. The van der Waals surface area contributed by atoms with E-state index in [0.29, 0.717) is 36.2 Å². The van der Waals surface area contributed by atoms with Gasteiger partial charge in [-0.15, -0.1) is 0 Å². The van der Waals surface area contributed by atoms with Crippen molar-refractivity contribution in [3.8, 4) is 6.07 Å². The predicted octanol–water partition coefficient (Wildman–Crippen LogP) is 4.03. The highest BCUT2D eigenvalue weighted by Gasteiger charge is 2.46. The van der Waals surface area contributed by atoms with Crippen LogP contribution in [0.2, 0.25) is 0 Å². The number of fused-ring (bicyclic) bond motifs is 2. The van der Waals surface area contributed by atoms with Gasteiger partial charge in [0.05, 0.1) is 18.6 Å². The average molecular weight is 291 g/mol. The van der Waals surface area contributed by atoms with Crippen LogP contribution in [0.4, 0.5) is 0 Å². The lowest BCUT2D eigenvalue weighted by Gasteiger charge is -2.26. The molecule has 118 valence electrons. The predicted molar refractivity (Wildman–Crippen MR) is 82.2 cm³/mol. The molecule has 0 N–H and O–H groups in total. The summed E-state index contributed by atoms with van der Waals surface area (Å²) in [6.45, 7) is 9.08. The van der Waals surface area contributed by atoms with E-state index < -0.39 is 0 Å². The van der Waals surface area contributed by atoms with E-state index in [1.54, 1.807) is 0 Å². The number of nitrogens with zero attached hydrogens (tertiary/aromatic N) is 1. The first-order valence-corrected chi connectivity index (χ1v) is 8.48. The van der Waals surface area contributed by atoms with Crippen LogP contribution in [0, 0.1) is 52.8 Å². The van der Waals surface area contributed by atoms with Crippen molar-refractivity contribution in [2.45, 2.75) is 53.4 Å². The van der Waals surface area contributed by atoms with E-state index in [1.165, 1.54) is 6.42 Å². The number of rotatable bonds is 6. The largest absolute Gasteiger partial charge is 0.465 e. The molecule has 3 heteroatoms. The molecule has 2 fully saturated rings. The van der Waals surface area contributed by atoms with Gasteiger partial charge in [-0.25, -0.2) is 0 Å². The Kier molecular flexibility index (Phi) is 5.30. The molecule has 5 unspecified atom stereocenters. The first kappa shape index (κ1) is 16.3. The summed E-state index contributed by atoms with van der Waals surface area (Å²) in [5.74, 6) is 2.78. The number of hydrogen-bond donors (Lipinski definition) is 0. The average Bonchev–Trinajstić information content (AvgIpc) is 3.00. The molecule has 2 aliphatic carbocycles. The smallest absolute Gasteiger partial charge is 0.309 e. The fourth-order valence-corrected chi connectivity index (χ4v) is 4.20. The second-order valence-corrected chi connectivity index (χ2v) is 7.83. The van der Waals surface area contributed by atoms with Gasteiger partial charge in [-0.05, 0) is 55.3 Å². The van der Waals surface area contributed by atoms with Crippen LogP contribution in [-0.4, -0.2) is 12.6 Å². The Balaban J connectivity index is 1.81. The molecule has 2 aliphatic rings. The lowest BCUT2D eigenvalue weighted by molar-refractivity contribution is -0.152. The van der Waals surface area contributed by atoms with E-state index in [9.17, 15) is 4.79 Å². The molecule has 0 amide bonds. The zero-order valence-corrected chi connectivity index (χ0v) is 13.8. The van der Waals surface area contributed by atoms with E-state index in [-0.39, 0.29) is 17.8 Å². The molecule has 0 aromatic carbocycles. The van der Waals surface area contributed by atoms with Crippen LogP contribution in [0.1, 0.15) is 53.4 Å². The van der Waals surface area contributed by atoms with E-state index in [4.69, 9.17) is 10.00 Å². The minimum absolute atomic E-state index is 0.0155. The highest BCUT2D eigenvalue weighted by atomic mass is 16.5. The number of carbonyl (C=O) groups is 1.